The fourth-order valence-corrected chi connectivity index (χ4v) is 4.17. The smallest absolute Gasteiger partial charge is 0.486 e. The Hall–Kier alpha value is -3.93. The summed E-state index contributed by atoms with van der Waals surface area (Å²) in [5.74, 6) is 0.716. The van der Waals surface area contributed by atoms with E-state index < -0.39 is 12.2 Å². The molecule has 162 valence electrons. The lowest BCUT2D eigenvalue weighted by molar-refractivity contribution is -0.286. The summed E-state index contributed by atoms with van der Waals surface area (Å²) in [6.07, 6.45) is -3.71. The number of anilines is 1. The molecular weight excluding hydrogens is 446 g/mol. The average Bonchev–Trinajstić information content (AvgIpc) is 3.46. The fraction of sp³-hybridized carbons (Fsp3) is 0.150. The molecule has 0 aliphatic carbocycles. The molecule has 0 fully saturated rings. The summed E-state index contributed by atoms with van der Waals surface area (Å²) in [4.78, 5) is 24.1. The first-order valence-corrected chi connectivity index (χ1v) is 10.3. The van der Waals surface area contributed by atoms with Gasteiger partial charge >= 0.3 is 6.29 Å². The number of nitrogens with zero attached hydrogens (tertiary/aromatic N) is 2. The Labute approximate surface area is 181 Å². The van der Waals surface area contributed by atoms with E-state index in [0.717, 1.165) is 5.56 Å². The van der Waals surface area contributed by atoms with Gasteiger partial charge in [-0.05, 0) is 18.2 Å². The van der Waals surface area contributed by atoms with Gasteiger partial charge in [0.2, 0.25) is 5.95 Å². The molecule has 2 aliphatic heterocycles. The SMILES string of the molecule is O=C(Nc1nc2cc3c(cc2[nH]1)OC(F)(F)O3)c1csc(-c2ccc3c(c2)OCCO3)n1. The average molecular weight is 458 g/mol. The van der Waals surface area contributed by atoms with Crippen molar-refractivity contribution < 1.29 is 32.5 Å². The minimum Gasteiger partial charge on any atom is -0.486 e. The zero-order valence-corrected chi connectivity index (χ0v) is 16.8. The third-order valence-electron chi connectivity index (χ3n) is 4.76. The number of rotatable bonds is 3. The number of hydrogen-bond donors (Lipinski definition) is 2. The second kappa shape index (κ2) is 6.79. The maximum atomic E-state index is 13.2. The first kappa shape index (κ1) is 18.8. The number of H-pyrrole nitrogens is 1. The molecule has 9 nitrogen and oxygen atoms in total. The van der Waals surface area contributed by atoms with Crippen LogP contribution < -0.4 is 24.3 Å². The van der Waals surface area contributed by atoms with E-state index in [2.05, 4.69) is 29.7 Å². The fourth-order valence-electron chi connectivity index (χ4n) is 3.37. The number of benzene rings is 2. The van der Waals surface area contributed by atoms with Gasteiger partial charge in [-0.15, -0.1) is 20.1 Å². The number of nitrogens with one attached hydrogen (secondary N) is 2. The Morgan fingerprint density at radius 3 is 2.66 bits per heavy atom. The lowest BCUT2D eigenvalue weighted by Crippen LogP contribution is -2.25. The van der Waals surface area contributed by atoms with E-state index in [4.69, 9.17) is 9.47 Å². The third-order valence-corrected chi connectivity index (χ3v) is 5.65. The van der Waals surface area contributed by atoms with Crippen molar-refractivity contribution in [1.82, 2.24) is 15.0 Å². The predicted molar refractivity (Wildman–Crippen MR) is 109 cm³/mol. The molecule has 6 rings (SSSR count). The summed E-state index contributed by atoms with van der Waals surface area (Å²) in [6, 6.07) is 8.11. The molecule has 0 bridgehead atoms. The van der Waals surface area contributed by atoms with Crippen molar-refractivity contribution in [3.05, 3.63) is 41.4 Å². The molecule has 12 heteroatoms. The molecule has 4 heterocycles. The van der Waals surface area contributed by atoms with Crippen molar-refractivity contribution in [2.45, 2.75) is 6.29 Å². The Bertz CT molecular complexity index is 1340. The highest BCUT2D eigenvalue weighted by Crippen LogP contribution is 2.43. The Balaban J connectivity index is 1.21. The standard InChI is InChI=1S/C20H12F2N4O5S/c21-20(22)30-15-6-10-11(7-16(15)31-20)25-19(24-10)26-17(27)12-8-32-18(23-12)9-1-2-13-14(5-9)29-4-3-28-13/h1-2,5-8H,3-4H2,(H2,24,25,26,27). The summed E-state index contributed by atoms with van der Waals surface area (Å²) in [6.45, 7) is 0.980. The first-order chi connectivity index (χ1) is 15.4. The van der Waals surface area contributed by atoms with Crippen LogP contribution >= 0.6 is 11.3 Å². The van der Waals surface area contributed by atoms with Crippen LogP contribution in [0.5, 0.6) is 23.0 Å². The normalized spacial score (nSPS) is 15.7. The van der Waals surface area contributed by atoms with E-state index in [1.807, 2.05) is 12.1 Å². The van der Waals surface area contributed by atoms with Gasteiger partial charge < -0.3 is 23.9 Å². The number of amides is 1. The second-order valence-corrected chi connectivity index (χ2v) is 7.78. The summed E-state index contributed by atoms with van der Waals surface area (Å²) < 4.78 is 46.3. The quantitative estimate of drug-likeness (QED) is 0.477. The van der Waals surface area contributed by atoms with Crippen LogP contribution in [-0.4, -0.2) is 40.4 Å². The summed E-state index contributed by atoms with van der Waals surface area (Å²) >= 11 is 1.31. The molecule has 2 aromatic carbocycles. The van der Waals surface area contributed by atoms with Gasteiger partial charge in [0, 0.05) is 23.1 Å². The van der Waals surface area contributed by atoms with Gasteiger partial charge in [-0.3, -0.25) is 10.1 Å². The van der Waals surface area contributed by atoms with Crippen molar-refractivity contribution in [3.63, 3.8) is 0 Å². The number of hydrogen-bond acceptors (Lipinski definition) is 8. The number of halogens is 2. The Morgan fingerprint density at radius 1 is 1.03 bits per heavy atom. The number of aromatic amines is 1. The highest BCUT2D eigenvalue weighted by molar-refractivity contribution is 7.13. The Kier molecular flexibility index (Phi) is 3.99. The van der Waals surface area contributed by atoms with Crippen LogP contribution in [0.4, 0.5) is 14.7 Å². The number of fused-ring (bicyclic) bond motifs is 3. The van der Waals surface area contributed by atoms with E-state index in [0.29, 0.717) is 40.8 Å². The van der Waals surface area contributed by atoms with Crippen LogP contribution in [0.15, 0.2) is 35.7 Å². The number of aromatic nitrogens is 3. The highest BCUT2D eigenvalue weighted by Gasteiger charge is 2.43. The molecule has 0 saturated heterocycles. The molecule has 2 N–H and O–H groups in total. The molecule has 2 aromatic heterocycles. The minimum atomic E-state index is -3.71. The van der Waals surface area contributed by atoms with Gasteiger partial charge in [-0.25, -0.2) is 9.97 Å². The van der Waals surface area contributed by atoms with E-state index in [1.54, 1.807) is 11.4 Å². The molecule has 32 heavy (non-hydrogen) atoms. The largest absolute Gasteiger partial charge is 0.586 e. The molecule has 0 saturated carbocycles. The van der Waals surface area contributed by atoms with Crippen molar-refractivity contribution in [3.8, 4) is 33.6 Å². The van der Waals surface area contributed by atoms with E-state index in [-0.39, 0.29) is 23.1 Å². The topological polar surface area (TPSA) is 108 Å². The van der Waals surface area contributed by atoms with Gasteiger partial charge in [0.1, 0.15) is 23.9 Å². The molecule has 0 spiro atoms. The number of thiazole rings is 1. The zero-order valence-electron chi connectivity index (χ0n) is 16.0. The minimum absolute atomic E-state index is 0.118. The number of ether oxygens (including phenoxy) is 4. The number of carbonyl (C=O) groups is 1. The summed E-state index contributed by atoms with van der Waals surface area (Å²) in [7, 11) is 0. The molecule has 1 amide bonds. The van der Waals surface area contributed by atoms with Crippen LogP contribution in [0.3, 0.4) is 0 Å². The van der Waals surface area contributed by atoms with Crippen molar-refractivity contribution >= 4 is 34.2 Å². The first-order valence-electron chi connectivity index (χ1n) is 9.40. The van der Waals surface area contributed by atoms with E-state index in [1.165, 1.54) is 23.5 Å². The molecule has 4 aromatic rings. The van der Waals surface area contributed by atoms with E-state index in [9.17, 15) is 13.6 Å². The summed E-state index contributed by atoms with van der Waals surface area (Å²) in [5, 5.41) is 4.89. The van der Waals surface area contributed by atoms with Crippen LogP contribution in [0.2, 0.25) is 0 Å². The van der Waals surface area contributed by atoms with Gasteiger partial charge in [0.25, 0.3) is 5.91 Å². The molecule has 0 atom stereocenters. The number of imidazole rings is 1. The molecule has 0 unspecified atom stereocenters. The van der Waals surface area contributed by atoms with Crippen LogP contribution in [0.1, 0.15) is 10.5 Å². The van der Waals surface area contributed by atoms with Crippen molar-refractivity contribution in [2.75, 3.05) is 18.5 Å². The predicted octanol–water partition coefficient (Wildman–Crippen LogP) is 4.03. The van der Waals surface area contributed by atoms with Crippen LogP contribution in [0.25, 0.3) is 21.6 Å². The Morgan fingerprint density at radius 2 is 1.81 bits per heavy atom. The highest BCUT2D eigenvalue weighted by atomic mass is 32.1. The van der Waals surface area contributed by atoms with Crippen molar-refractivity contribution in [1.29, 1.82) is 0 Å². The molecular formula is C20H12F2N4O5S. The maximum absolute atomic E-state index is 13.2. The number of carbonyl (C=O) groups excluding carboxylic acids is 1. The summed E-state index contributed by atoms with van der Waals surface area (Å²) in [5.41, 5.74) is 1.73. The van der Waals surface area contributed by atoms with E-state index >= 15 is 0 Å². The lowest BCUT2D eigenvalue weighted by atomic mass is 10.2. The molecule has 2 aliphatic rings. The molecule has 0 radical (unpaired) electrons. The van der Waals surface area contributed by atoms with Crippen LogP contribution in [0, 0.1) is 0 Å². The monoisotopic (exact) mass is 458 g/mol. The van der Waals surface area contributed by atoms with Gasteiger partial charge in [-0.1, -0.05) is 0 Å². The third kappa shape index (κ3) is 3.24. The van der Waals surface area contributed by atoms with Gasteiger partial charge in [0.15, 0.2) is 23.0 Å². The number of alkyl halides is 2. The van der Waals surface area contributed by atoms with Gasteiger partial charge in [0.05, 0.1) is 11.0 Å². The van der Waals surface area contributed by atoms with Crippen molar-refractivity contribution in [2.24, 2.45) is 0 Å². The lowest BCUT2D eigenvalue weighted by Gasteiger charge is -2.18. The van der Waals surface area contributed by atoms with Gasteiger partial charge in [-0.2, -0.15) is 0 Å². The maximum Gasteiger partial charge on any atom is 0.586 e. The zero-order chi connectivity index (χ0) is 21.9. The second-order valence-electron chi connectivity index (χ2n) is 6.92. The van der Waals surface area contributed by atoms with Crippen LogP contribution in [-0.2, 0) is 0 Å².